The summed E-state index contributed by atoms with van der Waals surface area (Å²) in [6.07, 6.45) is 6.26. The third-order valence-electron chi connectivity index (χ3n) is 4.30. The molecule has 25 heavy (non-hydrogen) atoms. The highest BCUT2D eigenvalue weighted by Gasteiger charge is 2.20. The van der Waals surface area contributed by atoms with Gasteiger partial charge in [-0.05, 0) is 12.8 Å². The van der Waals surface area contributed by atoms with Crippen molar-refractivity contribution in [1.82, 2.24) is 14.9 Å². The predicted molar refractivity (Wildman–Crippen MR) is 101 cm³/mol. The number of anilines is 1. The molecule has 5 heteroatoms. The molecule has 1 fully saturated rings. The summed E-state index contributed by atoms with van der Waals surface area (Å²) in [4.78, 5) is 24.0. The second-order valence-electron chi connectivity index (χ2n) is 6.20. The first-order valence-electron chi connectivity index (χ1n) is 8.86. The monoisotopic (exact) mass is 336 g/mol. The minimum atomic E-state index is -0.0110. The van der Waals surface area contributed by atoms with Gasteiger partial charge in [-0.1, -0.05) is 49.2 Å². The summed E-state index contributed by atoms with van der Waals surface area (Å²) in [6.45, 7) is 5.91. The summed E-state index contributed by atoms with van der Waals surface area (Å²) in [7, 11) is 0. The van der Waals surface area contributed by atoms with Crippen LogP contribution in [0.2, 0.25) is 0 Å². The molecule has 1 N–H and O–H groups in total. The maximum Gasteiger partial charge on any atom is 0.272 e. The van der Waals surface area contributed by atoms with Crippen LogP contribution in [0, 0.1) is 0 Å². The van der Waals surface area contributed by atoms with Crippen molar-refractivity contribution in [2.75, 3.05) is 25.0 Å². The van der Waals surface area contributed by atoms with Gasteiger partial charge in [-0.25, -0.2) is 9.97 Å². The molecule has 0 bridgehead atoms. The summed E-state index contributed by atoms with van der Waals surface area (Å²) in [5.41, 5.74) is 1.34. The molecule has 0 saturated carbocycles. The highest BCUT2D eigenvalue weighted by molar-refractivity contribution is 5.93. The van der Waals surface area contributed by atoms with E-state index in [1.165, 1.54) is 12.8 Å². The van der Waals surface area contributed by atoms with Crippen molar-refractivity contribution in [2.24, 2.45) is 0 Å². The normalized spacial score (nSPS) is 14.6. The topological polar surface area (TPSA) is 58.1 Å². The Morgan fingerprint density at radius 1 is 1.12 bits per heavy atom. The standard InChI is InChI=1S/C20H24N4O/c1-2-12-21-18-15-17(20(25)24-13-8-3-4-9-14-24)22-19(23-18)16-10-6-5-7-11-16/h2,5-7,10-11,15H,1,3-4,8-9,12-14H2,(H,21,22,23). The third-order valence-corrected chi connectivity index (χ3v) is 4.30. The second-order valence-corrected chi connectivity index (χ2v) is 6.20. The zero-order valence-electron chi connectivity index (χ0n) is 14.4. The average molecular weight is 336 g/mol. The molecule has 2 heterocycles. The highest BCUT2D eigenvalue weighted by atomic mass is 16.2. The largest absolute Gasteiger partial charge is 0.366 e. The van der Waals surface area contributed by atoms with Gasteiger partial charge in [0.2, 0.25) is 0 Å². The highest BCUT2D eigenvalue weighted by Crippen LogP contribution is 2.20. The Hall–Kier alpha value is -2.69. The van der Waals surface area contributed by atoms with Crippen LogP contribution in [0.5, 0.6) is 0 Å². The average Bonchev–Trinajstić information content (AvgIpc) is 2.95. The predicted octanol–water partition coefficient (Wildman–Crippen LogP) is 3.76. The number of carbonyl (C=O) groups is 1. The lowest BCUT2D eigenvalue weighted by Gasteiger charge is -2.20. The molecule has 0 aliphatic carbocycles. The molecule has 0 spiro atoms. The van der Waals surface area contributed by atoms with Crippen LogP contribution in [0.4, 0.5) is 5.82 Å². The molecule has 1 aromatic heterocycles. The van der Waals surface area contributed by atoms with E-state index in [1.54, 1.807) is 12.1 Å². The van der Waals surface area contributed by atoms with Crippen molar-refractivity contribution < 1.29 is 4.79 Å². The summed E-state index contributed by atoms with van der Waals surface area (Å²) in [5, 5.41) is 3.18. The molecule has 1 saturated heterocycles. The summed E-state index contributed by atoms with van der Waals surface area (Å²) in [5.74, 6) is 1.20. The molecule has 3 rings (SSSR count). The van der Waals surface area contributed by atoms with Gasteiger partial charge in [0.05, 0.1) is 0 Å². The van der Waals surface area contributed by atoms with Gasteiger partial charge in [0.25, 0.3) is 5.91 Å². The number of carbonyl (C=O) groups excluding carboxylic acids is 1. The number of likely N-dealkylation sites (tertiary alicyclic amines) is 1. The fraction of sp³-hybridized carbons (Fsp3) is 0.350. The summed E-state index contributed by atoms with van der Waals surface area (Å²) < 4.78 is 0. The van der Waals surface area contributed by atoms with Gasteiger partial charge < -0.3 is 10.2 Å². The SMILES string of the molecule is C=CCNc1cc(C(=O)N2CCCCCC2)nc(-c2ccccc2)n1. The van der Waals surface area contributed by atoms with E-state index in [-0.39, 0.29) is 5.91 Å². The van der Waals surface area contributed by atoms with Crippen molar-refractivity contribution in [3.8, 4) is 11.4 Å². The van der Waals surface area contributed by atoms with Crippen LogP contribution in [-0.2, 0) is 0 Å². The number of rotatable bonds is 5. The van der Waals surface area contributed by atoms with Crippen molar-refractivity contribution in [3.05, 3.63) is 54.7 Å². The Labute approximate surface area is 148 Å². The Balaban J connectivity index is 1.93. The fourth-order valence-corrected chi connectivity index (χ4v) is 2.98. The first kappa shape index (κ1) is 17.1. The van der Waals surface area contributed by atoms with E-state index in [1.807, 2.05) is 35.2 Å². The molecule has 2 aromatic rings. The lowest BCUT2D eigenvalue weighted by Crippen LogP contribution is -2.32. The molecule has 1 amide bonds. The van der Waals surface area contributed by atoms with E-state index in [9.17, 15) is 4.79 Å². The molecular formula is C20H24N4O. The van der Waals surface area contributed by atoms with Crippen LogP contribution in [0.25, 0.3) is 11.4 Å². The van der Waals surface area contributed by atoms with E-state index in [2.05, 4.69) is 21.9 Å². The molecule has 0 unspecified atom stereocenters. The van der Waals surface area contributed by atoms with Gasteiger partial charge in [-0.15, -0.1) is 6.58 Å². The number of aromatic nitrogens is 2. The van der Waals surface area contributed by atoms with Crippen molar-refractivity contribution in [2.45, 2.75) is 25.7 Å². The van der Waals surface area contributed by atoms with Crippen LogP contribution in [0.3, 0.4) is 0 Å². The van der Waals surface area contributed by atoms with E-state index in [0.717, 1.165) is 31.5 Å². The molecule has 1 aliphatic rings. The second kappa shape index (κ2) is 8.42. The van der Waals surface area contributed by atoms with Gasteiger partial charge in [-0.3, -0.25) is 4.79 Å². The molecule has 130 valence electrons. The third kappa shape index (κ3) is 4.44. The van der Waals surface area contributed by atoms with Gasteiger partial charge in [0.15, 0.2) is 5.82 Å². The molecule has 1 aromatic carbocycles. The number of nitrogens with one attached hydrogen (secondary N) is 1. The molecule has 5 nitrogen and oxygen atoms in total. The first-order valence-corrected chi connectivity index (χ1v) is 8.86. The maximum absolute atomic E-state index is 12.9. The number of hydrogen-bond donors (Lipinski definition) is 1. The Morgan fingerprint density at radius 3 is 2.52 bits per heavy atom. The molecule has 0 atom stereocenters. The van der Waals surface area contributed by atoms with Crippen LogP contribution in [-0.4, -0.2) is 40.4 Å². The maximum atomic E-state index is 12.9. The molecule has 1 aliphatic heterocycles. The van der Waals surface area contributed by atoms with Crippen molar-refractivity contribution >= 4 is 11.7 Å². The van der Waals surface area contributed by atoms with Crippen LogP contribution in [0.15, 0.2) is 49.1 Å². The molecule has 0 radical (unpaired) electrons. The van der Waals surface area contributed by atoms with Gasteiger partial charge >= 0.3 is 0 Å². The zero-order valence-corrected chi connectivity index (χ0v) is 14.4. The number of benzene rings is 1. The number of amides is 1. The first-order chi connectivity index (χ1) is 12.3. The van der Waals surface area contributed by atoms with E-state index in [4.69, 9.17) is 0 Å². The van der Waals surface area contributed by atoms with Crippen molar-refractivity contribution in [3.63, 3.8) is 0 Å². The van der Waals surface area contributed by atoms with E-state index >= 15 is 0 Å². The minimum Gasteiger partial charge on any atom is -0.366 e. The van der Waals surface area contributed by atoms with Gasteiger partial charge in [0.1, 0.15) is 11.5 Å². The van der Waals surface area contributed by atoms with E-state index in [0.29, 0.717) is 23.9 Å². The Morgan fingerprint density at radius 2 is 1.84 bits per heavy atom. The van der Waals surface area contributed by atoms with Crippen LogP contribution >= 0.6 is 0 Å². The fourth-order valence-electron chi connectivity index (χ4n) is 2.98. The van der Waals surface area contributed by atoms with Gasteiger partial charge in [-0.2, -0.15) is 0 Å². The Kier molecular flexibility index (Phi) is 5.77. The minimum absolute atomic E-state index is 0.0110. The van der Waals surface area contributed by atoms with Crippen LogP contribution in [0.1, 0.15) is 36.2 Å². The smallest absolute Gasteiger partial charge is 0.272 e. The lowest BCUT2D eigenvalue weighted by atomic mass is 10.2. The summed E-state index contributed by atoms with van der Waals surface area (Å²) >= 11 is 0. The molecular weight excluding hydrogens is 312 g/mol. The van der Waals surface area contributed by atoms with Crippen LogP contribution < -0.4 is 5.32 Å². The number of nitrogens with zero attached hydrogens (tertiary/aromatic N) is 3. The zero-order chi connectivity index (χ0) is 17.5. The quantitative estimate of drug-likeness (QED) is 0.845. The number of hydrogen-bond acceptors (Lipinski definition) is 4. The summed E-state index contributed by atoms with van der Waals surface area (Å²) in [6, 6.07) is 11.5. The van der Waals surface area contributed by atoms with E-state index < -0.39 is 0 Å². The Bertz CT molecular complexity index is 722. The van der Waals surface area contributed by atoms with Crippen molar-refractivity contribution in [1.29, 1.82) is 0 Å². The lowest BCUT2D eigenvalue weighted by molar-refractivity contribution is 0.0756. The van der Waals surface area contributed by atoms with Gasteiger partial charge in [0, 0.05) is 31.3 Å².